The van der Waals surface area contributed by atoms with Crippen molar-refractivity contribution in [1.82, 2.24) is 10.0 Å². The van der Waals surface area contributed by atoms with Gasteiger partial charge >= 0.3 is 0 Å². The van der Waals surface area contributed by atoms with Gasteiger partial charge in [0.15, 0.2) is 0 Å². The lowest BCUT2D eigenvalue weighted by molar-refractivity contribution is -0.126. The number of halogens is 2. The molecule has 3 fully saturated rings. The summed E-state index contributed by atoms with van der Waals surface area (Å²) in [5, 5.41) is 5.42. The number of fused-ring (bicyclic) bond motifs is 3. The number of rotatable bonds is 2. The summed E-state index contributed by atoms with van der Waals surface area (Å²) in [6.45, 7) is 1.63. The van der Waals surface area contributed by atoms with Crippen molar-refractivity contribution in [3.63, 3.8) is 0 Å². The highest BCUT2D eigenvalue weighted by molar-refractivity contribution is 6.31. The zero-order chi connectivity index (χ0) is 18.7. The van der Waals surface area contributed by atoms with Crippen LogP contribution in [0.5, 0.6) is 0 Å². The predicted octanol–water partition coefficient (Wildman–Crippen LogP) is 3.53. The van der Waals surface area contributed by atoms with E-state index in [-0.39, 0.29) is 17.9 Å². The summed E-state index contributed by atoms with van der Waals surface area (Å²) in [7, 11) is 0. The molecule has 7 heteroatoms. The maximum absolute atomic E-state index is 13.4. The third-order valence-electron chi connectivity index (χ3n) is 5.68. The Kier molecular flexibility index (Phi) is 4.02. The Balaban J connectivity index is 1.59. The third-order valence-corrected chi connectivity index (χ3v) is 6.17. The smallest absolute Gasteiger partial charge is 0.253 e. The van der Waals surface area contributed by atoms with Crippen LogP contribution in [-0.2, 0) is 9.59 Å². The molecule has 5 rings (SSSR count). The van der Waals surface area contributed by atoms with Gasteiger partial charge in [-0.3, -0.25) is 9.59 Å². The molecule has 2 amide bonds. The van der Waals surface area contributed by atoms with E-state index in [9.17, 15) is 9.59 Å². The Morgan fingerprint density at radius 3 is 2.22 bits per heavy atom. The average Bonchev–Trinajstić information content (AvgIpc) is 3.28. The normalized spacial score (nSPS) is 28.1. The molecule has 0 N–H and O–H groups in total. The lowest BCUT2D eigenvalue weighted by atomic mass is 9.90. The highest BCUT2D eigenvalue weighted by Gasteiger charge is 2.62. The summed E-state index contributed by atoms with van der Waals surface area (Å²) in [5.74, 6) is -0.768. The highest BCUT2D eigenvalue weighted by atomic mass is 35.5. The number of benzene rings is 2. The van der Waals surface area contributed by atoms with E-state index in [4.69, 9.17) is 23.2 Å². The number of hydrogen-bond acceptors (Lipinski definition) is 4. The van der Waals surface area contributed by atoms with Crippen molar-refractivity contribution >= 4 is 40.7 Å². The maximum atomic E-state index is 13.4. The summed E-state index contributed by atoms with van der Waals surface area (Å²) >= 11 is 12.1. The molecule has 27 heavy (non-hydrogen) atoms. The molecule has 0 unspecified atom stereocenters. The van der Waals surface area contributed by atoms with Gasteiger partial charge < -0.3 is 0 Å². The first-order valence-electron chi connectivity index (χ1n) is 8.98. The van der Waals surface area contributed by atoms with Gasteiger partial charge in [-0.05, 0) is 42.3 Å². The second kappa shape index (κ2) is 6.31. The number of carbonyl (C=O) groups excluding carboxylic acids is 2. The quantitative estimate of drug-likeness (QED) is 0.721. The van der Waals surface area contributed by atoms with Gasteiger partial charge in [0.25, 0.3) is 5.91 Å². The van der Waals surface area contributed by atoms with Crippen LogP contribution in [0, 0.1) is 5.92 Å². The molecule has 0 saturated carbocycles. The number of imide groups is 1. The molecule has 5 nitrogen and oxygen atoms in total. The predicted molar refractivity (Wildman–Crippen MR) is 103 cm³/mol. The monoisotopic (exact) mass is 401 g/mol. The number of amides is 2. The van der Waals surface area contributed by atoms with Gasteiger partial charge in [-0.1, -0.05) is 41.4 Å². The molecule has 2 aromatic rings. The molecule has 3 aliphatic heterocycles. The Bertz CT molecular complexity index is 933. The van der Waals surface area contributed by atoms with Crippen LogP contribution in [0.4, 0.5) is 5.69 Å². The van der Waals surface area contributed by atoms with Crippen molar-refractivity contribution in [3.8, 4) is 0 Å². The number of carbonyl (C=O) groups is 2. The van der Waals surface area contributed by atoms with Crippen molar-refractivity contribution < 1.29 is 9.59 Å². The van der Waals surface area contributed by atoms with Gasteiger partial charge in [0, 0.05) is 23.1 Å². The van der Waals surface area contributed by atoms with E-state index in [0.717, 1.165) is 25.1 Å². The van der Waals surface area contributed by atoms with Crippen LogP contribution in [-0.4, -0.2) is 41.0 Å². The zero-order valence-electron chi connectivity index (χ0n) is 14.4. The Labute approximate surface area is 167 Å². The summed E-state index contributed by atoms with van der Waals surface area (Å²) in [4.78, 5) is 27.9. The van der Waals surface area contributed by atoms with Crippen molar-refractivity contribution in [1.29, 1.82) is 0 Å². The fourth-order valence-corrected chi connectivity index (χ4v) is 4.95. The largest absolute Gasteiger partial charge is 0.274 e. The minimum Gasteiger partial charge on any atom is -0.274 e. The molecule has 3 heterocycles. The van der Waals surface area contributed by atoms with Gasteiger partial charge in [-0.25, -0.2) is 14.9 Å². The van der Waals surface area contributed by atoms with Gasteiger partial charge in [0.2, 0.25) is 5.91 Å². The lowest BCUT2D eigenvalue weighted by Crippen LogP contribution is -2.44. The first-order valence-corrected chi connectivity index (χ1v) is 9.74. The number of nitrogens with zero attached hydrogens (tertiary/aromatic N) is 3. The van der Waals surface area contributed by atoms with Crippen molar-refractivity contribution in [2.45, 2.75) is 18.5 Å². The SMILES string of the molecule is O=C1[C@H]2[C@@H](C(=O)N1c1cccc(Cl)c1)N1CCCN1[C@@H]2c1ccc(Cl)cc1. The molecular formula is C20H17Cl2N3O2. The molecule has 0 spiro atoms. The number of anilines is 1. The lowest BCUT2D eigenvalue weighted by Gasteiger charge is -2.29. The second-order valence-corrected chi connectivity index (χ2v) is 8.01. The number of hydrogen-bond donors (Lipinski definition) is 0. The van der Waals surface area contributed by atoms with E-state index in [1.165, 1.54) is 4.90 Å². The van der Waals surface area contributed by atoms with E-state index >= 15 is 0 Å². The fraction of sp³-hybridized carbons (Fsp3) is 0.300. The number of hydrazine groups is 1. The van der Waals surface area contributed by atoms with E-state index < -0.39 is 12.0 Å². The summed E-state index contributed by atoms with van der Waals surface area (Å²) in [6.07, 6.45) is 0.978. The fourth-order valence-electron chi connectivity index (χ4n) is 4.64. The maximum Gasteiger partial charge on any atom is 0.253 e. The average molecular weight is 402 g/mol. The van der Waals surface area contributed by atoms with Crippen LogP contribution in [0.15, 0.2) is 48.5 Å². The van der Waals surface area contributed by atoms with Crippen LogP contribution in [0.25, 0.3) is 0 Å². The molecule has 2 aromatic carbocycles. The summed E-state index contributed by atoms with van der Waals surface area (Å²) in [5.41, 5.74) is 1.54. The zero-order valence-corrected chi connectivity index (χ0v) is 15.9. The summed E-state index contributed by atoms with van der Waals surface area (Å²) < 4.78 is 0. The van der Waals surface area contributed by atoms with Gasteiger partial charge in [0.05, 0.1) is 17.6 Å². The molecule has 0 aliphatic carbocycles. The van der Waals surface area contributed by atoms with Crippen molar-refractivity contribution in [2.24, 2.45) is 5.92 Å². The Morgan fingerprint density at radius 1 is 0.815 bits per heavy atom. The molecular weight excluding hydrogens is 385 g/mol. The molecule has 3 aliphatic rings. The van der Waals surface area contributed by atoms with E-state index in [1.54, 1.807) is 24.3 Å². The first-order chi connectivity index (χ1) is 13.1. The highest BCUT2D eigenvalue weighted by Crippen LogP contribution is 2.49. The van der Waals surface area contributed by atoms with E-state index in [1.807, 2.05) is 24.3 Å². The minimum absolute atomic E-state index is 0.157. The molecule has 0 radical (unpaired) electrons. The van der Waals surface area contributed by atoms with E-state index in [2.05, 4.69) is 10.0 Å². The molecule has 138 valence electrons. The molecule has 0 bridgehead atoms. The van der Waals surface area contributed by atoms with Crippen LogP contribution in [0.2, 0.25) is 10.0 Å². The summed E-state index contributed by atoms with van der Waals surface area (Å²) in [6, 6.07) is 13.9. The van der Waals surface area contributed by atoms with E-state index in [0.29, 0.717) is 15.7 Å². The van der Waals surface area contributed by atoms with Crippen LogP contribution >= 0.6 is 23.2 Å². The van der Waals surface area contributed by atoms with Crippen molar-refractivity contribution in [2.75, 3.05) is 18.0 Å². The van der Waals surface area contributed by atoms with Gasteiger partial charge in [-0.2, -0.15) is 0 Å². The third kappa shape index (κ3) is 2.53. The van der Waals surface area contributed by atoms with Crippen LogP contribution in [0.3, 0.4) is 0 Å². The second-order valence-electron chi connectivity index (χ2n) is 7.14. The molecule has 3 saturated heterocycles. The first kappa shape index (κ1) is 17.2. The minimum atomic E-state index is -0.459. The van der Waals surface area contributed by atoms with Crippen LogP contribution < -0.4 is 4.90 Å². The Morgan fingerprint density at radius 2 is 1.52 bits per heavy atom. The van der Waals surface area contributed by atoms with Crippen molar-refractivity contribution in [3.05, 3.63) is 64.1 Å². The van der Waals surface area contributed by atoms with Gasteiger partial charge in [-0.15, -0.1) is 0 Å². The Hall–Kier alpha value is -1.92. The van der Waals surface area contributed by atoms with Gasteiger partial charge in [0.1, 0.15) is 6.04 Å². The molecule has 3 atom stereocenters. The standard InChI is InChI=1S/C20H17Cl2N3O2/c21-13-7-5-12(6-8-13)17-16-18(24-10-2-9-23(17)24)20(27)25(19(16)26)15-4-1-3-14(22)11-15/h1,3-8,11,16-18H,2,9-10H2/t16-,17-,18+/m1/s1. The van der Waals surface area contributed by atoms with Crippen LogP contribution in [0.1, 0.15) is 18.0 Å². The topological polar surface area (TPSA) is 43.9 Å². The molecule has 0 aromatic heterocycles.